The molecule has 8 heteroatoms. The summed E-state index contributed by atoms with van der Waals surface area (Å²) in [5.41, 5.74) is 0.761. The number of rotatable bonds is 10. The number of amides is 2. The number of thioether (sulfide) groups is 1. The molecule has 2 amide bonds. The molecule has 5 aromatic rings. The van der Waals surface area contributed by atoms with E-state index in [9.17, 15) is 9.59 Å². The topological polar surface area (TPSA) is 68.3 Å². The molecular formula is C42H42N2O5S. The number of carbonyl (C=O) groups excluding carboxylic acids is 2. The third kappa shape index (κ3) is 8.21. The zero-order chi connectivity index (χ0) is 35.0. The molecule has 0 radical (unpaired) electrons. The fraction of sp³-hybridized carbons (Fsp3) is 0.238. The molecule has 1 fully saturated rings. The van der Waals surface area contributed by atoms with E-state index < -0.39 is 23.3 Å². The second-order valence-corrected chi connectivity index (χ2v) is 14.1. The lowest BCUT2D eigenvalue weighted by Gasteiger charge is -2.40. The zero-order valence-electron chi connectivity index (χ0n) is 28.6. The van der Waals surface area contributed by atoms with Crippen LogP contribution in [0.3, 0.4) is 0 Å². The molecule has 0 unspecified atom stereocenters. The first-order valence-electron chi connectivity index (χ1n) is 16.9. The van der Waals surface area contributed by atoms with Crippen LogP contribution >= 0.6 is 11.8 Å². The van der Waals surface area contributed by atoms with Crippen LogP contribution in [0.1, 0.15) is 43.9 Å². The summed E-state index contributed by atoms with van der Waals surface area (Å²) in [6, 6.07) is 46.4. The van der Waals surface area contributed by atoms with E-state index in [0.717, 1.165) is 27.3 Å². The molecule has 0 spiro atoms. The number of para-hydroxylation sites is 1. The maximum atomic E-state index is 14.8. The minimum atomic E-state index is -1.15. The summed E-state index contributed by atoms with van der Waals surface area (Å²) >= 11 is 1.50. The van der Waals surface area contributed by atoms with Gasteiger partial charge in [0, 0.05) is 17.2 Å². The average molecular weight is 687 g/mol. The lowest BCUT2D eigenvalue weighted by molar-refractivity contribution is -0.223. The summed E-state index contributed by atoms with van der Waals surface area (Å²) in [6.07, 6.45) is -0.0168. The smallest absolute Gasteiger partial charge is 0.411 e. The van der Waals surface area contributed by atoms with E-state index in [1.54, 1.807) is 4.90 Å². The van der Waals surface area contributed by atoms with E-state index in [-0.39, 0.29) is 5.91 Å². The molecule has 1 saturated heterocycles. The van der Waals surface area contributed by atoms with Crippen molar-refractivity contribution in [1.82, 2.24) is 9.96 Å². The summed E-state index contributed by atoms with van der Waals surface area (Å²) in [7, 11) is 0. The third-order valence-electron chi connectivity index (χ3n) is 8.29. The summed E-state index contributed by atoms with van der Waals surface area (Å²) in [5.74, 6) is 1.45. The molecule has 0 aliphatic carbocycles. The standard InChI is InChI=1S/C42H42N2O5S/c1-41(2,3)48-40(46)43-29-16-30-44(39(45)38(43)31-50-37-27-25-36(26-28-37)47-35-23-14-7-15-24-35)49-42(32-17-8-4-9-18-32,33-19-10-5-11-20-33)34-21-12-6-13-22-34/h4-15,17-28,38H,16,29-31H2,1-3H3/t38-/m0/s1. The molecule has 0 N–H and O–H groups in total. The van der Waals surface area contributed by atoms with Crippen molar-refractivity contribution < 1.29 is 23.9 Å². The fourth-order valence-electron chi connectivity index (χ4n) is 5.99. The second kappa shape index (κ2) is 15.7. The molecule has 0 saturated carbocycles. The Hall–Kier alpha value is -5.05. The van der Waals surface area contributed by atoms with Gasteiger partial charge in [0.25, 0.3) is 5.91 Å². The summed E-state index contributed by atoms with van der Waals surface area (Å²) in [6.45, 7) is 6.12. The molecule has 6 rings (SSSR count). The summed E-state index contributed by atoms with van der Waals surface area (Å²) < 4.78 is 11.8. The van der Waals surface area contributed by atoms with Crippen LogP contribution in [0.4, 0.5) is 4.79 Å². The second-order valence-electron chi connectivity index (χ2n) is 13.1. The molecule has 0 bridgehead atoms. The van der Waals surface area contributed by atoms with E-state index in [1.165, 1.54) is 16.8 Å². The summed E-state index contributed by atoms with van der Waals surface area (Å²) in [4.78, 5) is 38.1. The Balaban J connectivity index is 1.33. The van der Waals surface area contributed by atoms with Crippen molar-refractivity contribution in [2.24, 2.45) is 0 Å². The molecule has 256 valence electrons. The van der Waals surface area contributed by atoms with E-state index >= 15 is 0 Å². The number of benzene rings is 5. The van der Waals surface area contributed by atoms with Crippen molar-refractivity contribution in [3.05, 3.63) is 162 Å². The number of ether oxygens (including phenoxy) is 2. The van der Waals surface area contributed by atoms with E-state index in [0.29, 0.717) is 31.0 Å². The van der Waals surface area contributed by atoms with Crippen LogP contribution in [-0.2, 0) is 20.0 Å². The van der Waals surface area contributed by atoms with Crippen LogP contribution in [0.25, 0.3) is 0 Å². The van der Waals surface area contributed by atoms with E-state index in [4.69, 9.17) is 14.3 Å². The fourth-order valence-corrected chi connectivity index (χ4v) is 6.99. The molecule has 5 aromatic carbocycles. The quantitative estimate of drug-likeness (QED) is 0.108. The van der Waals surface area contributed by atoms with Crippen molar-refractivity contribution in [3.63, 3.8) is 0 Å². The first kappa shape index (κ1) is 34.8. The highest BCUT2D eigenvalue weighted by molar-refractivity contribution is 7.99. The van der Waals surface area contributed by atoms with Crippen LogP contribution < -0.4 is 4.74 Å². The van der Waals surface area contributed by atoms with Gasteiger partial charge in [-0.1, -0.05) is 109 Å². The SMILES string of the molecule is CC(C)(C)OC(=O)N1CCCN(OC(c2ccccc2)(c2ccccc2)c2ccccc2)C(=O)[C@@H]1CSc1ccc(Oc2ccccc2)cc1. The number of hydroxylamine groups is 2. The predicted molar refractivity (Wildman–Crippen MR) is 197 cm³/mol. The van der Waals surface area contributed by atoms with Crippen molar-refractivity contribution in [1.29, 1.82) is 0 Å². The largest absolute Gasteiger partial charge is 0.457 e. The van der Waals surface area contributed by atoms with Crippen molar-refractivity contribution in [2.45, 2.75) is 49.3 Å². The van der Waals surface area contributed by atoms with Gasteiger partial charge in [0.15, 0.2) is 5.60 Å². The number of nitrogens with zero attached hydrogens (tertiary/aromatic N) is 2. The van der Waals surface area contributed by atoms with Crippen LogP contribution in [0.5, 0.6) is 11.5 Å². The van der Waals surface area contributed by atoms with Crippen LogP contribution in [0.2, 0.25) is 0 Å². The van der Waals surface area contributed by atoms with Crippen molar-refractivity contribution in [2.75, 3.05) is 18.8 Å². The number of hydrogen-bond acceptors (Lipinski definition) is 6. The minimum Gasteiger partial charge on any atom is -0.457 e. The Morgan fingerprint density at radius 2 is 1.16 bits per heavy atom. The molecule has 0 aromatic heterocycles. The highest BCUT2D eigenvalue weighted by atomic mass is 32.2. The highest BCUT2D eigenvalue weighted by Gasteiger charge is 2.45. The Morgan fingerprint density at radius 1 is 0.680 bits per heavy atom. The maximum absolute atomic E-state index is 14.8. The first-order valence-corrected chi connectivity index (χ1v) is 17.8. The van der Waals surface area contributed by atoms with Crippen molar-refractivity contribution in [3.8, 4) is 11.5 Å². The molecule has 7 nitrogen and oxygen atoms in total. The average Bonchev–Trinajstić information content (AvgIpc) is 3.29. The van der Waals surface area contributed by atoms with Gasteiger partial charge in [0.05, 0.1) is 6.54 Å². The first-order chi connectivity index (χ1) is 24.2. The molecule has 1 atom stereocenters. The monoisotopic (exact) mass is 686 g/mol. The number of hydrogen-bond donors (Lipinski definition) is 0. The van der Waals surface area contributed by atoms with Crippen LogP contribution in [-0.4, -0.2) is 52.4 Å². The third-order valence-corrected chi connectivity index (χ3v) is 9.38. The van der Waals surface area contributed by atoms with Gasteiger partial charge in [-0.2, -0.15) is 0 Å². The normalized spacial score (nSPS) is 15.3. The van der Waals surface area contributed by atoms with Crippen molar-refractivity contribution >= 4 is 23.8 Å². The van der Waals surface area contributed by atoms with E-state index in [2.05, 4.69) is 0 Å². The lowest BCUT2D eigenvalue weighted by atomic mass is 9.80. The maximum Gasteiger partial charge on any atom is 0.411 e. The molecule has 1 aliphatic heterocycles. The van der Waals surface area contributed by atoms with Gasteiger partial charge in [0.1, 0.15) is 23.1 Å². The molecule has 1 aliphatic rings. The highest BCUT2D eigenvalue weighted by Crippen LogP contribution is 2.42. The van der Waals surface area contributed by atoms with Gasteiger partial charge in [-0.05, 0) is 80.3 Å². The zero-order valence-corrected chi connectivity index (χ0v) is 29.4. The van der Waals surface area contributed by atoms with Gasteiger partial charge in [0.2, 0.25) is 0 Å². The van der Waals surface area contributed by atoms with Gasteiger partial charge in [-0.25, -0.2) is 14.7 Å². The Kier molecular flexibility index (Phi) is 10.9. The lowest BCUT2D eigenvalue weighted by Crippen LogP contribution is -2.52. The summed E-state index contributed by atoms with van der Waals surface area (Å²) in [5, 5.41) is 1.47. The van der Waals surface area contributed by atoms with Gasteiger partial charge in [-0.15, -0.1) is 11.8 Å². The number of carbonyl (C=O) groups is 2. The van der Waals surface area contributed by atoms with E-state index in [1.807, 2.05) is 166 Å². The molecular weight excluding hydrogens is 645 g/mol. The van der Waals surface area contributed by atoms with Gasteiger partial charge < -0.3 is 9.47 Å². The Bertz CT molecular complexity index is 1740. The Morgan fingerprint density at radius 3 is 1.66 bits per heavy atom. The van der Waals surface area contributed by atoms with Crippen LogP contribution in [0.15, 0.2) is 150 Å². The Labute approximate surface area is 298 Å². The predicted octanol–water partition coefficient (Wildman–Crippen LogP) is 9.33. The molecule has 50 heavy (non-hydrogen) atoms. The van der Waals surface area contributed by atoms with Gasteiger partial charge >= 0.3 is 6.09 Å². The van der Waals surface area contributed by atoms with Crippen LogP contribution in [0, 0.1) is 0 Å². The van der Waals surface area contributed by atoms with Gasteiger partial charge in [-0.3, -0.25) is 9.69 Å². The molecule has 1 heterocycles. The minimum absolute atomic E-state index is 0.291.